The Labute approximate surface area is 129 Å². The van der Waals surface area contributed by atoms with Gasteiger partial charge in [-0.1, -0.05) is 0 Å². The monoisotopic (exact) mass is 307 g/mol. The van der Waals surface area contributed by atoms with Crippen molar-refractivity contribution in [2.24, 2.45) is 0 Å². The predicted molar refractivity (Wildman–Crippen MR) is 83.7 cm³/mol. The van der Waals surface area contributed by atoms with Gasteiger partial charge in [-0.3, -0.25) is 4.79 Å². The zero-order valence-electron chi connectivity index (χ0n) is 12.8. The van der Waals surface area contributed by atoms with Crippen molar-refractivity contribution in [3.8, 4) is 0 Å². The first kappa shape index (κ1) is 15.1. The Balaban J connectivity index is 1.61. The molecule has 2 N–H and O–H groups in total. The molecule has 1 atom stereocenters. The van der Waals surface area contributed by atoms with E-state index in [1.807, 2.05) is 11.0 Å². The van der Waals surface area contributed by atoms with Crippen molar-refractivity contribution in [3.63, 3.8) is 0 Å². The molecule has 2 aliphatic rings. The number of nitrogens with one attached hydrogen (secondary N) is 2. The fraction of sp³-hybridized carbons (Fsp3) is 0.562. The third kappa shape index (κ3) is 3.68. The van der Waals surface area contributed by atoms with Crippen molar-refractivity contribution in [1.29, 1.82) is 0 Å². The number of rotatable bonds is 5. The third-order valence-corrected chi connectivity index (χ3v) is 4.00. The van der Waals surface area contributed by atoms with E-state index in [-0.39, 0.29) is 17.8 Å². The summed E-state index contributed by atoms with van der Waals surface area (Å²) in [5.74, 6) is -0.318. The quantitative estimate of drug-likeness (QED) is 0.870. The summed E-state index contributed by atoms with van der Waals surface area (Å²) in [6.07, 6.45) is 2.11. The number of halogens is 1. The van der Waals surface area contributed by atoms with Gasteiger partial charge >= 0.3 is 0 Å². The second kappa shape index (κ2) is 6.52. The van der Waals surface area contributed by atoms with Crippen LogP contribution in [0.5, 0.6) is 0 Å². The van der Waals surface area contributed by atoms with Crippen LogP contribution >= 0.6 is 0 Å². The highest BCUT2D eigenvalue weighted by Crippen LogP contribution is 2.24. The highest BCUT2D eigenvalue weighted by molar-refractivity contribution is 5.84. The highest BCUT2D eigenvalue weighted by Gasteiger charge is 2.25. The van der Waals surface area contributed by atoms with E-state index < -0.39 is 0 Å². The topological polar surface area (TPSA) is 53.6 Å². The molecule has 1 heterocycles. The van der Waals surface area contributed by atoms with Crippen molar-refractivity contribution in [1.82, 2.24) is 5.32 Å². The molecule has 5 nitrogen and oxygen atoms in total. The maximum Gasteiger partial charge on any atom is 0.242 e. The molecule has 120 valence electrons. The Hall–Kier alpha value is -1.82. The maximum atomic E-state index is 14.3. The summed E-state index contributed by atoms with van der Waals surface area (Å²) in [7, 11) is 0. The second-order valence-corrected chi connectivity index (χ2v) is 5.91. The third-order valence-electron chi connectivity index (χ3n) is 4.00. The summed E-state index contributed by atoms with van der Waals surface area (Å²) in [6.45, 7) is 4.43. The van der Waals surface area contributed by atoms with Gasteiger partial charge in [0.25, 0.3) is 0 Å². The van der Waals surface area contributed by atoms with Crippen LogP contribution in [0.4, 0.5) is 15.8 Å². The molecule has 3 rings (SSSR count). The van der Waals surface area contributed by atoms with Crippen LogP contribution in [-0.4, -0.2) is 44.3 Å². The number of nitrogens with zero attached hydrogens (tertiary/aromatic N) is 1. The number of amides is 1. The van der Waals surface area contributed by atoms with Crippen LogP contribution in [0.3, 0.4) is 0 Å². The van der Waals surface area contributed by atoms with Crippen molar-refractivity contribution in [2.75, 3.05) is 36.5 Å². The molecule has 1 aromatic carbocycles. The molecule has 6 heteroatoms. The largest absolute Gasteiger partial charge is 0.378 e. The van der Waals surface area contributed by atoms with Gasteiger partial charge in [0.1, 0.15) is 11.9 Å². The molecule has 0 aromatic heterocycles. The summed E-state index contributed by atoms with van der Waals surface area (Å²) in [4.78, 5) is 13.9. The Morgan fingerprint density at radius 3 is 2.73 bits per heavy atom. The zero-order valence-corrected chi connectivity index (χ0v) is 12.8. The number of carbonyl (C=O) groups is 1. The SMILES string of the molecule is CC(Nc1ccc(N2CCOCC2)c(F)c1)C(=O)NC1CC1. The molecule has 0 radical (unpaired) electrons. The minimum absolute atomic E-state index is 0.0415. The molecule has 1 aromatic rings. The molecule has 1 saturated carbocycles. The first-order valence-electron chi connectivity index (χ1n) is 7.82. The van der Waals surface area contributed by atoms with Crippen LogP contribution in [0.2, 0.25) is 0 Å². The number of morpholine rings is 1. The molecule has 1 amide bonds. The van der Waals surface area contributed by atoms with Crippen LogP contribution in [0.1, 0.15) is 19.8 Å². The molecule has 1 aliphatic carbocycles. The minimum atomic E-state index is -0.380. The lowest BCUT2D eigenvalue weighted by Crippen LogP contribution is -2.38. The standard InChI is InChI=1S/C16H22FN3O2/c1-11(16(21)19-12-2-3-12)18-13-4-5-15(14(17)10-13)20-6-8-22-9-7-20/h4-5,10-12,18H,2-3,6-9H2,1H3,(H,19,21). The summed E-state index contributed by atoms with van der Waals surface area (Å²) < 4.78 is 19.6. The molecule has 0 bridgehead atoms. The Morgan fingerprint density at radius 2 is 2.09 bits per heavy atom. The van der Waals surface area contributed by atoms with E-state index in [1.54, 1.807) is 13.0 Å². The van der Waals surface area contributed by atoms with E-state index in [2.05, 4.69) is 10.6 Å². The Morgan fingerprint density at radius 1 is 1.36 bits per heavy atom. The van der Waals surface area contributed by atoms with Crippen LogP contribution < -0.4 is 15.5 Å². The van der Waals surface area contributed by atoms with Gasteiger partial charge in [0.15, 0.2) is 0 Å². The maximum absolute atomic E-state index is 14.3. The molecule has 1 saturated heterocycles. The lowest BCUT2D eigenvalue weighted by molar-refractivity contribution is -0.121. The van der Waals surface area contributed by atoms with Gasteiger partial charge in [-0.2, -0.15) is 0 Å². The molecule has 2 fully saturated rings. The number of hydrogen-bond acceptors (Lipinski definition) is 4. The second-order valence-electron chi connectivity index (χ2n) is 5.91. The average Bonchev–Trinajstić information content (AvgIpc) is 3.32. The first-order chi connectivity index (χ1) is 10.6. The molecule has 22 heavy (non-hydrogen) atoms. The van der Waals surface area contributed by atoms with Crippen molar-refractivity contribution in [2.45, 2.75) is 31.8 Å². The lowest BCUT2D eigenvalue weighted by Gasteiger charge is -2.29. The molecular formula is C16H22FN3O2. The smallest absolute Gasteiger partial charge is 0.242 e. The predicted octanol–water partition coefficient (Wildman–Crippen LogP) is 1.74. The summed E-state index contributed by atoms with van der Waals surface area (Å²) in [5.41, 5.74) is 1.21. The summed E-state index contributed by atoms with van der Waals surface area (Å²) >= 11 is 0. The van der Waals surface area contributed by atoms with Gasteiger partial charge in [-0.15, -0.1) is 0 Å². The van der Waals surface area contributed by atoms with Gasteiger partial charge in [0.2, 0.25) is 5.91 Å². The van der Waals surface area contributed by atoms with E-state index in [0.29, 0.717) is 43.7 Å². The fourth-order valence-corrected chi connectivity index (χ4v) is 2.53. The molecule has 1 unspecified atom stereocenters. The van der Waals surface area contributed by atoms with Gasteiger partial charge < -0.3 is 20.3 Å². The first-order valence-corrected chi connectivity index (χ1v) is 7.82. The molecule has 0 spiro atoms. The number of benzene rings is 1. The van der Waals surface area contributed by atoms with E-state index in [9.17, 15) is 9.18 Å². The van der Waals surface area contributed by atoms with E-state index in [1.165, 1.54) is 6.07 Å². The number of ether oxygens (including phenoxy) is 1. The van der Waals surface area contributed by atoms with Crippen molar-refractivity contribution in [3.05, 3.63) is 24.0 Å². The number of carbonyl (C=O) groups excluding carboxylic acids is 1. The van der Waals surface area contributed by atoms with Crippen LogP contribution in [0.15, 0.2) is 18.2 Å². The van der Waals surface area contributed by atoms with Crippen LogP contribution in [0.25, 0.3) is 0 Å². The van der Waals surface area contributed by atoms with Crippen LogP contribution in [-0.2, 0) is 9.53 Å². The Bertz CT molecular complexity index is 542. The number of hydrogen-bond donors (Lipinski definition) is 2. The van der Waals surface area contributed by atoms with E-state index >= 15 is 0 Å². The highest BCUT2D eigenvalue weighted by atomic mass is 19.1. The molecule has 1 aliphatic heterocycles. The van der Waals surface area contributed by atoms with Gasteiger partial charge in [-0.25, -0.2) is 4.39 Å². The average molecular weight is 307 g/mol. The van der Waals surface area contributed by atoms with Gasteiger partial charge in [0.05, 0.1) is 18.9 Å². The van der Waals surface area contributed by atoms with Gasteiger partial charge in [-0.05, 0) is 38.0 Å². The van der Waals surface area contributed by atoms with Crippen molar-refractivity contribution < 1.29 is 13.9 Å². The Kier molecular flexibility index (Phi) is 4.47. The summed E-state index contributed by atoms with van der Waals surface area (Å²) in [6, 6.07) is 4.97. The normalized spacial score (nSPS) is 19.6. The van der Waals surface area contributed by atoms with Crippen molar-refractivity contribution >= 4 is 17.3 Å². The van der Waals surface area contributed by atoms with Gasteiger partial charge in [0, 0.05) is 24.8 Å². The molecular weight excluding hydrogens is 285 g/mol. The summed E-state index contributed by atoms with van der Waals surface area (Å²) in [5, 5.41) is 5.98. The number of anilines is 2. The zero-order chi connectivity index (χ0) is 15.5. The minimum Gasteiger partial charge on any atom is -0.378 e. The fourth-order valence-electron chi connectivity index (χ4n) is 2.53. The van der Waals surface area contributed by atoms with E-state index in [4.69, 9.17) is 4.74 Å². The van der Waals surface area contributed by atoms with Crippen LogP contribution in [0, 0.1) is 5.82 Å². The lowest BCUT2D eigenvalue weighted by atomic mass is 10.2. The van der Waals surface area contributed by atoms with E-state index in [0.717, 1.165) is 12.8 Å².